The van der Waals surface area contributed by atoms with E-state index in [0.717, 1.165) is 56.3 Å². The van der Waals surface area contributed by atoms with Crippen molar-refractivity contribution in [1.82, 2.24) is 10.2 Å². The van der Waals surface area contributed by atoms with Crippen molar-refractivity contribution in [2.45, 2.75) is 20.0 Å². The highest BCUT2D eigenvalue weighted by Crippen LogP contribution is 2.29. The highest BCUT2D eigenvalue weighted by atomic mass is 16.5. The molecule has 2 aromatic carbocycles. The Bertz CT molecular complexity index is 966. The monoisotopic (exact) mass is 410 g/mol. The van der Waals surface area contributed by atoms with E-state index in [1.54, 1.807) is 19.1 Å². The molecule has 1 aliphatic rings. The first-order chi connectivity index (χ1) is 14.7. The standard InChI is InChI=1S/C23H28N4O3/c1-17-13-20(28-2)21(29-3)14-19(17)15-26-9-11-27(12-10-26)16-22-24-25-23(30-22)18-7-5-4-6-8-18/h4-8,13-14H,9-12,15-16H2,1-3H3/p+2. The van der Waals surface area contributed by atoms with E-state index in [9.17, 15) is 0 Å². The minimum Gasteiger partial charge on any atom is -0.493 e. The summed E-state index contributed by atoms with van der Waals surface area (Å²) in [4.78, 5) is 3.08. The molecule has 0 unspecified atom stereocenters. The number of rotatable bonds is 7. The molecule has 1 fully saturated rings. The summed E-state index contributed by atoms with van der Waals surface area (Å²) in [5.41, 5.74) is 3.52. The fourth-order valence-electron chi connectivity index (χ4n) is 4.03. The molecule has 0 atom stereocenters. The largest absolute Gasteiger partial charge is 0.493 e. The zero-order valence-electron chi connectivity index (χ0n) is 17.9. The molecule has 1 saturated heterocycles. The van der Waals surface area contributed by atoms with Crippen molar-refractivity contribution < 1.29 is 23.7 Å². The van der Waals surface area contributed by atoms with Crippen molar-refractivity contribution in [3.63, 3.8) is 0 Å². The van der Waals surface area contributed by atoms with Crippen LogP contribution in [-0.4, -0.2) is 50.6 Å². The Kier molecular flexibility index (Phi) is 6.30. The first-order valence-electron chi connectivity index (χ1n) is 10.4. The molecule has 158 valence electrons. The van der Waals surface area contributed by atoms with E-state index >= 15 is 0 Å². The van der Waals surface area contributed by atoms with E-state index in [1.807, 2.05) is 30.3 Å². The van der Waals surface area contributed by atoms with Crippen LogP contribution < -0.4 is 19.3 Å². The first-order valence-corrected chi connectivity index (χ1v) is 10.4. The summed E-state index contributed by atoms with van der Waals surface area (Å²) < 4.78 is 16.8. The lowest BCUT2D eigenvalue weighted by molar-refractivity contribution is -1.02. The van der Waals surface area contributed by atoms with Crippen LogP contribution >= 0.6 is 0 Å². The van der Waals surface area contributed by atoms with E-state index in [-0.39, 0.29) is 0 Å². The van der Waals surface area contributed by atoms with E-state index in [1.165, 1.54) is 16.0 Å². The van der Waals surface area contributed by atoms with Crippen LogP contribution in [0.5, 0.6) is 11.5 Å². The number of hydrogen-bond acceptors (Lipinski definition) is 5. The quantitative estimate of drug-likeness (QED) is 0.596. The van der Waals surface area contributed by atoms with Gasteiger partial charge >= 0.3 is 0 Å². The summed E-state index contributed by atoms with van der Waals surface area (Å²) in [5, 5.41) is 8.46. The van der Waals surface area contributed by atoms with Gasteiger partial charge in [0.05, 0.1) is 14.2 Å². The number of ether oxygens (including phenoxy) is 2. The van der Waals surface area contributed by atoms with Gasteiger partial charge in [0.25, 0.3) is 5.89 Å². The number of benzene rings is 2. The molecule has 0 spiro atoms. The van der Waals surface area contributed by atoms with Crippen LogP contribution in [0.4, 0.5) is 0 Å². The predicted molar refractivity (Wildman–Crippen MR) is 113 cm³/mol. The van der Waals surface area contributed by atoms with Crippen LogP contribution in [0.1, 0.15) is 17.0 Å². The Morgan fingerprint density at radius 3 is 2.17 bits per heavy atom. The molecule has 7 nitrogen and oxygen atoms in total. The molecule has 7 heteroatoms. The fourth-order valence-corrected chi connectivity index (χ4v) is 4.03. The fraction of sp³-hybridized carbons (Fsp3) is 0.391. The van der Waals surface area contributed by atoms with E-state index in [2.05, 4.69) is 29.3 Å². The second kappa shape index (κ2) is 9.28. The van der Waals surface area contributed by atoms with Crippen molar-refractivity contribution >= 4 is 0 Å². The van der Waals surface area contributed by atoms with Crippen molar-refractivity contribution in [3.05, 3.63) is 59.5 Å². The molecule has 0 saturated carbocycles. The Balaban J connectivity index is 1.32. The van der Waals surface area contributed by atoms with Crippen molar-refractivity contribution in [1.29, 1.82) is 0 Å². The second-order valence-corrected chi connectivity index (χ2v) is 7.85. The zero-order chi connectivity index (χ0) is 20.9. The van der Waals surface area contributed by atoms with Crippen LogP contribution in [-0.2, 0) is 13.1 Å². The average Bonchev–Trinajstić information content (AvgIpc) is 3.25. The lowest BCUT2D eigenvalue weighted by atomic mass is 10.1. The molecule has 3 aromatic rings. The van der Waals surface area contributed by atoms with Gasteiger partial charge in [-0.05, 0) is 36.8 Å². The molecule has 0 radical (unpaired) electrons. The van der Waals surface area contributed by atoms with Gasteiger partial charge in [-0.2, -0.15) is 0 Å². The van der Waals surface area contributed by atoms with Crippen LogP contribution in [0.3, 0.4) is 0 Å². The van der Waals surface area contributed by atoms with Crippen molar-refractivity contribution in [3.8, 4) is 23.0 Å². The van der Waals surface area contributed by atoms with Gasteiger partial charge in [0.2, 0.25) is 5.89 Å². The number of nitrogens with one attached hydrogen (secondary N) is 2. The molecule has 4 rings (SSSR count). The second-order valence-electron chi connectivity index (χ2n) is 7.85. The average molecular weight is 411 g/mol. The normalized spacial score (nSPS) is 18.9. The number of aromatic nitrogens is 2. The maximum atomic E-state index is 5.88. The highest BCUT2D eigenvalue weighted by Gasteiger charge is 2.26. The number of nitrogens with zero attached hydrogens (tertiary/aromatic N) is 2. The lowest BCUT2D eigenvalue weighted by Gasteiger charge is -2.29. The summed E-state index contributed by atoms with van der Waals surface area (Å²) in [6.45, 7) is 8.32. The van der Waals surface area contributed by atoms with Crippen molar-refractivity contribution in [2.75, 3.05) is 40.4 Å². The minimum atomic E-state index is 0.596. The smallest absolute Gasteiger partial charge is 0.271 e. The first kappa shape index (κ1) is 20.4. The van der Waals surface area contributed by atoms with E-state index in [0.29, 0.717) is 11.8 Å². The Morgan fingerprint density at radius 2 is 1.50 bits per heavy atom. The Morgan fingerprint density at radius 1 is 0.867 bits per heavy atom. The lowest BCUT2D eigenvalue weighted by Crippen LogP contribution is -3.27. The maximum absolute atomic E-state index is 5.88. The molecule has 0 aliphatic carbocycles. The highest BCUT2D eigenvalue weighted by molar-refractivity contribution is 5.51. The van der Waals surface area contributed by atoms with Gasteiger partial charge in [0.1, 0.15) is 32.7 Å². The molecule has 1 aliphatic heterocycles. The summed E-state index contributed by atoms with van der Waals surface area (Å²) in [6.07, 6.45) is 0. The number of piperazine rings is 1. The predicted octanol–water partition coefficient (Wildman–Crippen LogP) is 0.546. The molecular formula is C23H30N4O3+2. The van der Waals surface area contributed by atoms with Crippen LogP contribution in [0.15, 0.2) is 46.9 Å². The Labute approximate surface area is 177 Å². The number of hydrogen-bond donors (Lipinski definition) is 2. The van der Waals surface area contributed by atoms with E-state index in [4.69, 9.17) is 13.9 Å². The minimum absolute atomic E-state index is 0.596. The molecule has 0 bridgehead atoms. The van der Waals surface area contributed by atoms with Crippen LogP contribution in [0.25, 0.3) is 11.5 Å². The van der Waals surface area contributed by atoms with Gasteiger partial charge in [0, 0.05) is 11.1 Å². The van der Waals surface area contributed by atoms with Gasteiger partial charge in [-0.1, -0.05) is 18.2 Å². The van der Waals surface area contributed by atoms with E-state index < -0.39 is 0 Å². The molecule has 2 heterocycles. The zero-order valence-corrected chi connectivity index (χ0v) is 17.9. The molecular weight excluding hydrogens is 380 g/mol. The third kappa shape index (κ3) is 4.63. The van der Waals surface area contributed by atoms with Gasteiger partial charge < -0.3 is 23.7 Å². The third-order valence-corrected chi connectivity index (χ3v) is 5.84. The molecule has 30 heavy (non-hydrogen) atoms. The topological polar surface area (TPSA) is 66.3 Å². The molecule has 0 amide bonds. The molecule has 2 N–H and O–H groups in total. The third-order valence-electron chi connectivity index (χ3n) is 5.84. The van der Waals surface area contributed by atoms with Gasteiger partial charge in [-0.3, -0.25) is 0 Å². The Hall–Kier alpha value is -2.90. The van der Waals surface area contributed by atoms with Crippen molar-refractivity contribution in [2.24, 2.45) is 0 Å². The van der Waals surface area contributed by atoms with Crippen LogP contribution in [0.2, 0.25) is 0 Å². The SMILES string of the molecule is COc1cc(C)c(C[NH+]2CC[NH+](Cc3nnc(-c4ccccc4)o3)CC2)cc1OC. The van der Waals surface area contributed by atoms with Gasteiger partial charge in [-0.25, -0.2) is 0 Å². The van der Waals surface area contributed by atoms with Gasteiger partial charge in [-0.15, -0.1) is 10.2 Å². The maximum Gasteiger partial charge on any atom is 0.271 e. The summed E-state index contributed by atoms with van der Waals surface area (Å²) in [7, 11) is 3.36. The number of methoxy groups -OCH3 is 2. The summed E-state index contributed by atoms with van der Waals surface area (Å²) in [6, 6.07) is 14.1. The summed E-state index contributed by atoms with van der Waals surface area (Å²) in [5.74, 6) is 2.89. The number of aryl methyl sites for hydroxylation is 1. The number of quaternary nitrogens is 2. The molecule has 1 aromatic heterocycles. The van der Waals surface area contributed by atoms with Crippen LogP contribution in [0, 0.1) is 6.92 Å². The van der Waals surface area contributed by atoms with Gasteiger partial charge in [0.15, 0.2) is 18.0 Å². The summed E-state index contributed by atoms with van der Waals surface area (Å²) >= 11 is 0.